The lowest BCUT2D eigenvalue weighted by Crippen LogP contribution is -2.38. The normalized spacial score (nSPS) is 19.8. The third-order valence-electron chi connectivity index (χ3n) is 3.61. The molecule has 1 aromatic rings. The molecule has 0 aliphatic carbocycles. The van der Waals surface area contributed by atoms with Crippen molar-refractivity contribution in [3.8, 4) is 0 Å². The molecular weight excluding hydrogens is 222 g/mol. The number of hydrogen-bond donors (Lipinski definition) is 1. The lowest BCUT2D eigenvalue weighted by Gasteiger charge is -2.34. The van der Waals surface area contributed by atoms with Crippen molar-refractivity contribution in [1.82, 2.24) is 10.3 Å². The van der Waals surface area contributed by atoms with E-state index in [2.05, 4.69) is 55.0 Å². The van der Waals surface area contributed by atoms with Crippen LogP contribution in [-0.4, -0.2) is 23.6 Å². The van der Waals surface area contributed by atoms with Crippen molar-refractivity contribution in [2.75, 3.05) is 11.4 Å². The summed E-state index contributed by atoms with van der Waals surface area (Å²) < 4.78 is 0. The van der Waals surface area contributed by atoms with E-state index in [0.29, 0.717) is 18.1 Å². The third-order valence-corrected chi connectivity index (χ3v) is 3.61. The van der Waals surface area contributed by atoms with Crippen LogP contribution in [-0.2, 0) is 0 Å². The Hall–Kier alpha value is -1.09. The molecule has 18 heavy (non-hydrogen) atoms. The maximum Gasteiger partial charge on any atom is 0.133 e. The average Bonchev–Trinajstić information content (AvgIpc) is 2.82. The number of anilines is 1. The van der Waals surface area contributed by atoms with Crippen molar-refractivity contribution < 1.29 is 0 Å². The number of nitrogens with one attached hydrogen (secondary N) is 1. The summed E-state index contributed by atoms with van der Waals surface area (Å²) in [6.07, 6.45) is 4.40. The first kappa shape index (κ1) is 13.3. The van der Waals surface area contributed by atoms with Crippen molar-refractivity contribution >= 4 is 5.82 Å². The molecule has 1 N–H and O–H groups in total. The van der Waals surface area contributed by atoms with Crippen LogP contribution in [0.1, 0.15) is 52.1 Å². The summed E-state index contributed by atoms with van der Waals surface area (Å²) in [6, 6.07) is 5.70. The van der Waals surface area contributed by atoms with E-state index in [1.165, 1.54) is 18.4 Å². The van der Waals surface area contributed by atoms with E-state index in [1.807, 2.05) is 6.20 Å². The first-order chi connectivity index (χ1) is 8.61. The second-order valence-corrected chi connectivity index (χ2v) is 5.66. The van der Waals surface area contributed by atoms with Crippen molar-refractivity contribution in [3.05, 3.63) is 23.9 Å². The van der Waals surface area contributed by atoms with Gasteiger partial charge in [-0.05, 0) is 53.1 Å². The summed E-state index contributed by atoms with van der Waals surface area (Å²) in [5.74, 6) is 1.15. The fourth-order valence-electron chi connectivity index (χ4n) is 2.93. The summed E-state index contributed by atoms with van der Waals surface area (Å²) in [7, 11) is 0. The summed E-state index contributed by atoms with van der Waals surface area (Å²) >= 11 is 0. The molecule has 1 aliphatic rings. The Labute approximate surface area is 111 Å². The van der Waals surface area contributed by atoms with Gasteiger partial charge in [0.05, 0.1) is 0 Å². The standard InChI is InChI=1S/C15H25N3/c1-11(2)18(12(3)4)15-13(7-5-10-17-15)14-8-6-9-16-14/h5,7,10-12,14,16H,6,8-9H2,1-4H3/t14-/m1/s1. The predicted octanol–water partition coefficient (Wildman–Crippen LogP) is 3.13. The molecule has 2 heterocycles. The predicted molar refractivity (Wildman–Crippen MR) is 77.0 cm³/mol. The van der Waals surface area contributed by atoms with Gasteiger partial charge in [-0.2, -0.15) is 0 Å². The summed E-state index contributed by atoms with van der Waals surface area (Å²) in [5, 5.41) is 3.58. The maximum absolute atomic E-state index is 4.65. The quantitative estimate of drug-likeness (QED) is 0.886. The van der Waals surface area contributed by atoms with Gasteiger partial charge in [-0.1, -0.05) is 6.07 Å². The third kappa shape index (κ3) is 2.66. The second kappa shape index (κ2) is 5.70. The summed E-state index contributed by atoms with van der Waals surface area (Å²) in [5.41, 5.74) is 1.36. The van der Waals surface area contributed by atoms with E-state index in [4.69, 9.17) is 0 Å². The van der Waals surface area contributed by atoms with Crippen molar-refractivity contribution in [2.45, 2.75) is 58.7 Å². The van der Waals surface area contributed by atoms with Gasteiger partial charge < -0.3 is 10.2 Å². The molecule has 3 nitrogen and oxygen atoms in total. The van der Waals surface area contributed by atoms with Crippen LogP contribution in [0.4, 0.5) is 5.82 Å². The molecule has 0 radical (unpaired) electrons. The highest BCUT2D eigenvalue weighted by Crippen LogP contribution is 2.31. The molecule has 100 valence electrons. The van der Waals surface area contributed by atoms with Crippen LogP contribution < -0.4 is 10.2 Å². The zero-order valence-corrected chi connectivity index (χ0v) is 12.0. The van der Waals surface area contributed by atoms with Crippen LogP contribution in [0.25, 0.3) is 0 Å². The van der Waals surface area contributed by atoms with Crippen LogP contribution in [0, 0.1) is 0 Å². The lowest BCUT2D eigenvalue weighted by atomic mass is 10.0. The van der Waals surface area contributed by atoms with Crippen molar-refractivity contribution in [1.29, 1.82) is 0 Å². The minimum absolute atomic E-state index is 0.472. The SMILES string of the molecule is CC(C)N(c1ncccc1[C@H]1CCCN1)C(C)C. The number of hydrogen-bond acceptors (Lipinski definition) is 3. The van der Waals surface area contributed by atoms with Gasteiger partial charge in [0.2, 0.25) is 0 Å². The van der Waals surface area contributed by atoms with E-state index in [9.17, 15) is 0 Å². The van der Waals surface area contributed by atoms with Gasteiger partial charge in [-0.25, -0.2) is 4.98 Å². The Bertz CT molecular complexity index is 373. The minimum atomic E-state index is 0.472. The molecule has 1 aromatic heterocycles. The minimum Gasteiger partial charge on any atom is -0.351 e. The molecule has 0 amide bonds. The second-order valence-electron chi connectivity index (χ2n) is 5.66. The van der Waals surface area contributed by atoms with Gasteiger partial charge in [0.1, 0.15) is 5.82 Å². The Balaban J connectivity index is 2.36. The van der Waals surface area contributed by atoms with Crippen molar-refractivity contribution in [2.24, 2.45) is 0 Å². The Kier molecular flexibility index (Phi) is 4.23. The molecule has 1 fully saturated rings. The smallest absolute Gasteiger partial charge is 0.133 e. The highest BCUT2D eigenvalue weighted by atomic mass is 15.2. The van der Waals surface area contributed by atoms with Gasteiger partial charge in [-0.3, -0.25) is 0 Å². The van der Waals surface area contributed by atoms with Crippen LogP contribution >= 0.6 is 0 Å². The summed E-state index contributed by atoms with van der Waals surface area (Å²) in [6.45, 7) is 10.1. The summed E-state index contributed by atoms with van der Waals surface area (Å²) in [4.78, 5) is 7.06. The first-order valence-electron chi connectivity index (χ1n) is 7.08. The fraction of sp³-hybridized carbons (Fsp3) is 0.667. The number of nitrogens with zero attached hydrogens (tertiary/aromatic N) is 2. The van der Waals surface area contributed by atoms with Crippen LogP contribution in [0.5, 0.6) is 0 Å². The van der Waals surface area contributed by atoms with Gasteiger partial charge in [0, 0.05) is 29.9 Å². The van der Waals surface area contributed by atoms with E-state index in [-0.39, 0.29) is 0 Å². The zero-order valence-electron chi connectivity index (χ0n) is 12.0. The number of aromatic nitrogens is 1. The largest absolute Gasteiger partial charge is 0.351 e. The molecule has 0 bridgehead atoms. The van der Waals surface area contributed by atoms with E-state index < -0.39 is 0 Å². The highest BCUT2D eigenvalue weighted by molar-refractivity contribution is 5.50. The molecule has 1 aliphatic heterocycles. The number of pyridine rings is 1. The Morgan fingerprint density at radius 1 is 1.28 bits per heavy atom. The van der Waals surface area contributed by atoms with Crippen LogP contribution in [0.3, 0.4) is 0 Å². The van der Waals surface area contributed by atoms with Gasteiger partial charge in [0.15, 0.2) is 0 Å². The Morgan fingerprint density at radius 3 is 2.56 bits per heavy atom. The van der Waals surface area contributed by atoms with Gasteiger partial charge in [-0.15, -0.1) is 0 Å². The number of rotatable bonds is 4. The molecule has 1 atom stereocenters. The van der Waals surface area contributed by atoms with Crippen LogP contribution in [0.15, 0.2) is 18.3 Å². The molecule has 3 heteroatoms. The molecule has 0 aromatic carbocycles. The topological polar surface area (TPSA) is 28.2 Å². The van der Waals surface area contributed by atoms with Gasteiger partial charge >= 0.3 is 0 Å². The Morgan fingerprint density at radius 2 is 2.00 bits per heavy atom. The molecule has 2 rings (SSSR count). The first-order valence-corrected chi connectivity index (χ1v) is 7.08. The molecule has 0 saturated carbocycles. The van der Waals surface area contributed by atoms with Crippen LogP contribution in [0.2, 0.25) is 0 Å². The molecule has 1 saturated heterocycles. The zero-order chi connectivity index (χ0) is 13.1. The van der Waals surface area contributed by atoms with Gasteiger partial charge in [0.25, 0.3) is 0 Å². The highest BCUT2D eigenvalue weighted by Gasteiger charge is 2.24. The molecule has 0 unspecified atom stereocenters. The monoisotopic (exact) mass is 247 g/mol. The maximum atomic E-state index is 4.65. The van der Waals surface area contributed by atoms with E-state index in [0.717, 1.165) is 12.4 Å². The molecular formula is C15H25N3. The van der Waals surface area contributed by atoms with Crippen molar-refractivity contribution in [3.63, 3.8) is 0 Å². The lowest BCUT2D eigenvalue weighted by molar-refractivity contribution is 0.581. The van der Waals surface area contributed by atoms with E-state index in [1.54, 1.807) is 0 Å². The average molecular weight is 247 g/mol. The van der Waals surface area contributed by atoms with E-state index >= 15 is 0 Å². The fourth-order valence-corrected chi connectivity index (χ4v) is 2.93. The molecule has 0 spiro atoms.